The highest BCUT2D eigenvalue weighted by Crippen LogP contribution is 2.10. The SMILES string of the molecule is O=c1nc2ccccc2ccc1[N+](=O)[O-]. The number of hydrogen-bond donors (Lipinski definition) is 0. The molecule has 0 atom stereocenters. The third kappa shape index (κ3) is 1.67. The maximum absolute atomic E-state index is 11.3. The van der Waals surface area contributed by atoms with Gasteiger partial charge in [-0.2, -0.15) is 0 Å². The number of nitrogens with zero attached hydrogens (tertiary/aromatic N) is 2. The molecule has 2 rings (SSSR count). The molecule has 0 aliphatic heterocycles. The molecule has 0 bridgehead atoms. The van der Waals surface area contributed by atoms with E-state index in [0.717, 1.165) is 0 Å². The monoisotopic (exact) mass is 202 g/mol. The summed E-state index contributed by atoms with van der Waals surface area (Å²) in [6.07, 6.45) is 0. The van der Waals surface area contributed by atoms with Gasteiger partial charge in [0.25, 0.3) is 0 Å². The van der Waals surface area contributed by atoms with E-state index in [9.17, 15) is 14.9 Å². The topological polar surface area (TPSA) is 73.1 Å². The number of aromatic nitrogens is 1. The van der Waals surface area contributed by atoms with Gasteiger partial charge in [-0.1, -0.05) is 18.2 Å². The molecule has 0 unspecified atom stereocenters. The van der Waals surface area contributed by atoms with Crippen molar-refractivity contribution in [3.8, 4) is 0 Å². The molecule has 5 nitrogen and oxygen atoms in total. The van der Waals surface area contributed by atoms with Crippen molar-refractivity contribution in [3.63, 3.8) is 0 Å². The molecule has 1 aromatic carbocycles. The molecule has 74 valence electrons. The van der Waals surface area contributed by atoms with Crippen LogP contribution in [0.5, 0.6) is 0 Å². The van der Waals surface area contributed by atoms with E-state index in [1.54, 1.807) is 24.3 Å². The molecule has 0 saturated carbocycles. The first-order valence-electron chi connectivity index (χ1n) is 4.23. The first-order chi connectivity index (χ1) is 7.18. The van der Waals surface area contributed by atoms with Crippen LogP contribution < -0.4 is 5.56 Å². The highest BCUT2D eigenvalue weighted by atomic mass is 16.6. The van der Waals surface area contributed by atoms with E-state index in [1.165, 1.54) is 12.1 Å². The van der Waals surface area contributed by atoms with E-state index >= 15 is 0 Å². The fourth-order valence-corrected chi connectivity index (χ4v) is 1.28. The third-order valence-corrected chi connectivity index (χ3v) is 2.00. The normalized spacial score (nSPS) is 10.1. The van der Waals surface area contributed by atoms with Gasteiger partial charge in [0, 0.05) is 11.5 Å². The predicted octanol–water partition coefficient (Wildman–Crippen LogP) is 1.50. The van der Waals surface area contributed by atoms with Gasteiger partial charge in [0.05, 0.1) is 10.4 Å². The second-order valence-corrected chi connectivity index (χ2v) is 2.95. The van der Waals surface area contributed by atoms with Crippen molar-refractivity contribution in [2.75, 3.05) is 0 Å². The molecule has 0 amide bonds. The summed E-state index contributed by atoms with van der Waals surface area (Å²) in [7, 11) is 0. The number of nitro groups is 1. The summed E-state index contributed by atoms with van der Waals surface area (Å²) in [4.78, 5) is 24.8. The molecule has 0 radical (unpaired) electrons. The Morgan fingerprint density at radius 3 is 2.60 bits per heavy atom. The van der Waals surface area contributed by atoms with Crippen molar-refractivity contribution in [3.05, 3.63) is 56.9 Å². The molecule has 15 heavy (non-hydrogen) atoms. The lowest BCUT2D eigenvalue weighted by molar-refractivity contribution is -0.386. The van der Waals surface area contributed by atoms with E-state index in [-0.39, 0.29) is 0 Å². The van der Waals surface area contributed by atoms with Crippen LogP contribution in [0.1, 0.15) is 0 Å². The van der Waals surface area contributed by atoms with Crippen molar-refractivity contribution in [1.29, 1.82) is 0 Å². The Labute approximate surface area is 84.2 Å². The molecule has 1 aromatic heterocycles. The lowest BCUT2D eigenvalue weighted by atomic mass is 10.2. The Balaban J connectivity index is 2.88. The van der Waals surface area contributed by atoms with Gasteiger partial charge >= 0.3 is 11.2 Å². The third-order valence-electron chi connectivity index (χ3n) is 2.00. The molecule has 0 N–H and O–H groups in total. The zero-order chi connectivity index (χ0) is 10.8. The molecule has 0 aliphatic rings. The largest absolute Gasteiger partial charge is 0.348 e. The maximum atomic E-state index is 11.3. The average molecular weight is 202 g/mol. The smallest absolute Gasteiger partial charge is 0.259 e. The fraction of sp³-hybridized carbons (Fsp3) is 0. The number of fused-ring (bicyclic) bond motifs is 1. The van der Waals surface area contributed by atoms with Crippen LogP contribution >= 0.6 is 0 Å². The zero-order valence-corrected chi connectivity index (χ0v) is 7.58. The predicted molar refractivity (Wildman–Crippen MR) is 54.7 cm³/mol. The summed E-state index contributed by atoms with van der Waals surface area (Å²) in [6, 6.07) is 9.58. The first kappa shape index (κ1) is 9.26. The van der Waals surface area contributed by atoms with E-state index in [4.69, 9.17) is 0 Å². The Kier molecular flexibility index (Phi) is 2.13. The molecule has 1 heterocycles. The molecule has 2 aromatic rings. The van der Waals surface area contributed by atoms with Gasteiger partial charge in [0.1, 0.15) is 0 Å². The van der Waals surface area contributed by atoms with E-state index in [2.05, 4.69) is 4.98 Å². The average Bonchev–Trinajstić information content (AvgIpc) is 2.35. The fourth-order valence-electron chi connectivity index (χ4n) is 1.28. The van der Waals surface area contributed by atoms with Crippen LogP contribution in [0.3, 0.4) is 0 Å². The van der Waals surface area contributed by atoms with Crippen molar-refractivity contribution in [1.82, 2.24) is 4.98 Å². The van der Waals surface area contributed by atoms with Crippen molar-refractivity contribution < 1.29 is 4.92 Å². The Hall–Kier alpha value is -2.30. The van der Waals surface area contributed by atoms with E-state index < -0.39 is 16.2 Å². The molecular weight excluding hydrogens is 196 g/mol. The Bertz CT molecular complexity index is 595. The lowest BCUT2D eigenvalue weighted by Gasteiger charge is -1.85. The van der Waals surface area contributed by atoms with Gasteiger partial charge in [-0.15, -0.1) is 0 Å². The second kappa shape index (κ2) is 3.45. The lowest BCUT2D eigenvalue weighted by Crippen LogP contribution is -2.07. The summed E-state index contributed by atoms with van der Waals surface area (Å²) < 4.78 is 0. The minimum Gasteiger partial charge on any atom is -0.259 e. The van der Waals surface area contributed by atoms with Crippen LogP contribution in [0, 0.1) is 10.1 Å². The van der Waals surface area contributed by atoms with E-state index in [1.807, 2.05) is 0 Å². The molecule has 0 aliphatic carbocycles. The highest BCUT2D eigenvalue weighted by Gasteiger charge is 2.10. The molecule has 5 heteroatoms. The van der Waals surface area contributed by atoms with Crippen LogP contribution in [0.25, 0.3) is 10.9 Å². The van der Waals surface area contributed by atoms with E-state index in [0.29, 0.717) is 10.9 Å². The summed E-state index contributed by atoms with van der Waals surface area (Å²) in [5, 5.41) is 11.2. The molecule has 0 saturated heterocycles. The van der Waals surface area contributed by atoms with Crippen LogP contribution in [0.4, 0.5) is 5.69 Å². The second-order valence-electron chi connectivity index (χ2n) is 2.95. The number of benzene rings is 1. The van der Waals surface area contributed by atoms with Gasteiger partial charge in [-0.05, 0) is 12.1 Å². The molecule has 0 spiro atoms. The van der Waals surface area contributed by atoms with Crippen LogP contribution in [0.15, 0.2) is 41.2 Å². The number of para-hydroxylation sites is 1. The minimum atomic E-state index is -0.818. The minimum absolute atomic E-state index is 0.454. The van der Waals surface area contributed by atoms with Crippen molar-refractivity contribution in [2.24, 2.45) is 0 Å². The summed E-state index contributed by atoms with van der Waals surface area (Å²) in [5.74, 6) is 0. The molecular formula is C10H6N2O3. The van der Waals surface area contributed by atoms with Crippen molar-refractivity contribution >= 4 is 16.6 Å². The van der Waals surface area contributed by atoms with Crippen LogP contribution in [-0.2, 0) is 0 Å². The first-order valence-corrected chi connectivity index (χ1v) is 4.23. The highest BCUT2D eigenvalue weighted by molar-refractivity contribution is 5.77. The van der Waals surface area contributed by atoms with Gasteiger partial charge in [0.15, 0.2) is 0 Å². The Morgan fingerprint density at radius 2 is 1.87 bits per heavy atom. The maximum Gasteiger partial charge on any atom is 0.348 e. The van der Waals surface area contributed by atoms with Crippen LogP contribution in [0.2, 0.25) is 0 Å². The van der Waals surface area contributed by atoms with Crippen LogP contribution in [-0.4, -0.2) is 9.91 Å². The van der Waals surface area contributed by atoms with Gasteiger partial charge in [-0.3, -0.25) is 14.9 Å². The standard InChI is InChI=1S/C10H6N2O3/c13-10-9(12(14)15)6-5-7-3-1-2-4-8(7)11-10/h1-6H. The van der Waals surface area contributed by atoms with Gasteiger partial charge < -0.3 is 0 Å². The van der Waals surface area contributed by atoms with Gasteiger partial charge in [-0.25, -0.2) is 4.98 Å². The summed E-state index contributed by atoms with van der Waals surface area (Å²) in [5.41, 5.74) is -0.872. The Morgan fingerprint density at radius 1 is 1.13 bits per heavy atom. The number of rotatable bonds is 1. The van der Waals surface area contributed by atoms with Gasteiger partial charge in [0.2, 0.25) is 0 Å². The van der Waals surface area contributed by atoms with Crippen molar-refractivity contribution in [2.45, 2.75) is 0 Å². The number of hydrogen-bond acceptors (Lipinski definition) is 4. The zero-order valence-electron chi connectivity index (χ0n) is 7.58. The molecule has 0 fully saturated rings. The summed E-state index contributed by atoms with van der Waals surface area (Å²) >= 11 is 0. The quantitative estimate of drug-likeness (QED) is 0.518. The summed E-state index contributed by atoms with van der Waals surface area (Å²) in [6.45, 7) is 0.